The first-order valence-electron chi connectivity index (χ1n) is 4.14. The highest BCUT2D eigenvalue weighted by Gasteiger charge is 2.26. The molecule has 1 aromatic carbocycles. The zero-order valence-corrected chi connectivity index (χ0v) is 7.01. The molecule has 0 unspecified atom stereocenters. The van der Waals surface area contributed by atoms with Crippen LogP contribution in [0.3, 0.4) is 0 Å². The highest BCUT2D eigenvalue weighted by atomic mass is 19.1. The molecule has 0 amide bonds. The molecule has 1 nitrogen and oxygen atoms in total. The molecule has 0 atom stereocenters. The minimum atomic E-state index is -0.128. The lowest BCUT2D eigenvalue weighted by Gasteiger charge is -2.03. The summed E-state index contributed by atoms with van der Waals surface area (Å²) in [5, 5.41) is 0. The molecule has 0 heterocycles. The summed E-state index contributed by atoms with van der Waals surface area (Å²) in [4.78, 5) is 0. The standard InChI is InChI=1S/C10H11FO/c1-12-8-4-5-9(7-2-3-7)10(11)6-8/h4-7H,2-3H2,1H3. The van der Waals surface area contributed by atoms with Crippen molar-refractivity contribution in [3.05, 3.63) is 29.6 Å². The van der Waals surface area contributed by atoms with Crippen molar-refractivity contribution in [1.29, 1.82) is 0 Å². The van der Waals surface area contributed by atoms with Gasteiger partial charge in [-0.2, -0.15) is 0 Å². The fourth-order valence-electron chi connectivity index (χ4n) is 1.36. The smallest absolute Gasteiger partial charge is 0.130 e. The Morgan fingerprint density at radius 1 is 1.42 bits per heavy atom. The summed E-state index contributed by atoms with van der Waals surface area (Å²) in [5.41, 5.74) is 0.843. The van der Waals surface area contributed by atoms with E-state index in [2.05, 4.69) is 0 Å². The van der Waals surface area contributed by atoms with Crippen molar-refractivity contribution in [2.45, 2.75) is 18.8 Å². The quantitative estimate of drug-likeness (QED) is 0.656. The molecule has 1 aromatic rings. The Labute approximate surface area is 71.2 Å². The monoisotopic (exact) mass is 166 g/mol. The van der Waals surface area contributed by atoms with E-state index in [9.17, 15) is 4.39 Å². The third kappa shape index (κ3) is 1.29. The van der Waals surface area contributed by atoms with E-state index in [1.165, 1.54) is 6.07 Å². The zero-order valence-electron chi connectivity index (χ0n) is 7.01. The second-order valence-corrected chi connectivity index (χ2v) is 3.16. The van der Waals surface area contributed by atoms with Crippen LogP contribution in [0.4, 0.5) is 4.39 Å². The summed E-state index contributed by atoms with van der Waals surface area (Å²) in [6.45, 7) is 0. The molecule has 0 N–H and O–H groups in total. The van der Waals surface area contributed by atoms with Crippen LogP contribution < -0.4 is 4.74 Å². The van der Waals surface area contributed by atoms with Gasteiger partial charge in [-0.05, 0) is 30.4 Å². The van der Waals surface area contributed by atoms with Crippen LogP contribution >= 0.6 is 0 Å². The van der Waals surface area contributed by atoms with Gasteiger partial charge in [0.25, 0.3) is 0 Å². The Bertz CT molecular complexity index is 292. The van der Waals surface area contributed by atoms with E-state index in [1.807, 2.05) is 12.1 Å². The maximum atomic E-state index is 13.2. The predicted octanol–water partition coefficient (Wildman–Crippen LogP) is 2.71. The van der Waals surface area contributed by atoms with Gasteiger partial charge in [-0.15, -0.1) is 0 Å². The Kier molecular flexibility index (Phi) is 1.75. The van der Waals surface area contributed by atoms with Crippen molar-refractivity contribution < 1.29 is 9.13 Å². The molecular weight excluding hydrogens is 155 g/mol. The number of ether oxygens (including phenoxy) is 1. The molecule has 0 radical (unpaired) electrons. The summed E-state index contributed by atoms with van der Waals surface area (Å²) in [5.74, 6) is 0.935. The molecule has 12 heavy (non-hydrogen) atoms. The molecule has 1 fully saturated rings. The van der Waals surface area contributed by atoms with E-state index in [-0.39, 0.29) is 5.82 Å². The van der Waals surface area contributed by atoms with Crippen LogP contribution in [-0.2, 0) is 0 Å². The van der Waals surface area contributed by atoms with Crippen molar-refractivity contribution in [2.24, 2.45) is 0 Å². The molecule has 0 aromatic heterocycles. The third-order valence-corrected chi connectivity index (χ3v) is 2.22. The number of halogens is 1. The zero-order chi connectivity index (χ0) is 8.55. The minimum absolute atomic E-state index is 0.128. The highest BCUT2D eigenvalue weighted by Crippen LogP contribution is 2.41. The lowest BCUT2D eigenvalue weighted by atomic mass is 10.1. The number of rotatable bonds is 2. The van der Waals surface area contributed by atoms with Crippen LogP contribution in [0, 0.1) is 5.82 Å². The fourth-order valence-corrected chi connectivity index (χ4v) is 1.36. The van der Waals surface area contributed by atoms with Crippen molar-refractivity contribution in [3.8, 4) is 5.75 Å². The molecular formula is C10H11FO. The van der Waals surface area contributed by atoms with E-state index in [0.717, 1.165) is 18.4 Å². The fraction of sp³-hybridized carbons (Fsp3) is 0.400. The van der Waals surface area contributed by atoms with Crippen LogP contribution in [-0.4, -0.2) is 7.11 Å². The van der Waals surface area contributed by atoms with Gasteiger partial charge in [0.05, 0.1) is 7.11 Å². The SMILES string of the molecule is COc1ccc(C2CC2)c(F)c1. The number of hydrogen-bond donors (Lipinski definition) is 0. The van der Waals surface area contributed by atoms with Crippen LogP contribution in [0.2, 0.25) is 0 Å². The third-order valence-electron chi connectivity index (χ3n) is 2.22. The summed E-state index contributed by atoms with van der Waals surface area (Å²) >= 11 is 0. The number of hydrogen-bond acceptors (Lipinski definition) is 1. The minimum Gasteiger partial charge on any atom is -0.497 e. The van der Waals surface area contributed by atoms with Gasteiger partial charge in [-0.1, -0.05) is 6.07 Å². The lowest BCUT2D eigenvalue weighted by Crippen LogP contribution is -1.89. The lowest BCUT2D eigenvalue weighted by molar-refractivity contribution is 0.410. The molecule has 0 saturated heterocycles. The first-order valence-corrected chi connectivity index (χ1v) is 4.14. The van der Waals surface area contributed by atoms with E-state index >= 15 is 0 Å². The maximum Gasteiger partial charge on any atom is 0.130 e. The van der Waals surface area contributed by atoms with Gasteiger partial charge in [0, 0.05) is 6.07 Å². The average Bonchev–Trinajstić information content (AvgIpc) is 2.87. The molecule has 2 rings (SSSR count). The van der Waals surface area contributed by atoms with Crippen molar-refractivity contribution in [1.82, 2.24) is 0 Å². The van der Waals surface area contributed by atoms with E-state index in [4.69, 9.17) is 4.74 Å². The second-order valence-electron chi connectivity index (χ2n) is 3.16. The molecule has 64 valence electrons. The van der Waals surface area contributed by atoms with Crippen molar-refractivity contribution in [2.75, 3.05) is 7.11 Å². The first-order chi connectivity index (χ1) is 5.81. The maximum absolute atomic E-state index is 13.2. The summed E-state index contributed by atoms with van der Waals surface area (Å²) in [6.07, 6.45) is 2.26. The molecule has 1 aliphatic carbocycles. The Morgan fingerprint density at radius 3 is 2.67 bits per heavy atom. The Hall–Kier alpha value is -1.05. The van der Waals surface area contributed by atoms with Crippen LogP contribution in [0.15, 0.2) is 18.2 Å². The van der Waals surface area contributed by atoms with Crippen LogP contribution in [0.25, 0.3) is 0 Å². The largest absolute Gasteiger partial charge is 0.497 e. The highest BCUT2D eigenvalue weighted by molar-refractivity contribution is 5.32. The van der Waals surface area contributed by atoms with Crippen LogP contribution in [0.1, 0.15) is 24.3 Å². The van der Waals surface area contributed by atoms with Gasteiger partial charge >= 0.3 is 0 Å². The van der Waals surface area contributed by atoms with Gasteiger partial charge in [0.1, 0.15) is 11.6 Å². The average molecular weight is 166 g/mol. The molecule has 1 aliphatic rings. The summed E-state index contributed by atoms with van der Waals surface area (Å²) < 4.78 is 18.2. The van der Waals surface area contributed by atoms with E-state index in [0.29, 0.717) is 11.7 Å². The van der Waals surface area contributed by atoms with Crippen LogP contribution in [0.5, 0.6) is 5.75 Å². The second kappa shape index (κ2) is 2.77. The van der Waals surface area contributed by atoms with Crippen molar-refractivity contribution >= 4 is 0 Å². The Morgan fingerprint density at radius 2 is 2.17 bits per heavy atom. The molecule has 2 heteroatoms. The predicted molar refractivity (Wildman–Crippen MR) is 44.9 cm³/mol. The van der Waals surface area contributed by atoms with Gasteiger partial charge in [0.15, 0.2) is 0 Å². The Balaban J connectivity index is 2.32. The summed E-state index contributed by atoms with van der Waals surface area (Å²) in [6, 6.07) is 5.09. The normalized spacial score (nSPS) is 16.2. The number of benzene rings is 1. The molecule has 0 bridgehead atoms. The van der Waals surface area contributed by atoms with Gasteiger partial charge in [-0.25, -0.2) is 4.39 Å². The van der Waals surface area contributed by atoms with E-state index in [1.54, 1.807) is 7.11 Å². The number of methoxy groups -OCH3 is 1. The molecule has 1 saturated carbocycles. The van der Waals surface area contributed by atoms with Crippen molar-refractivity contribution in [3.63, 3.8) is 0 Å². The molecule has 0 aliphatic heterocycles. The first kappa shape index (κ1) is 7.59. The summed E-state index contributed by atoms with van der Waals surface area (Å²) in [7, 11) is 1.55. The van der Waals surface area contributed by atoms with Gasteiger partial charge < -0.3 is 4.74 Å². The van der Waals surface area contributed by atoms with Gasteiger partial charge in [0.2, 0.25) is 0 Å². The van der Waals surface area contributed by atoms with E-state index < -0.39 is 0 Å². The topological polar surface area (TPSA) is 9.23 Å². The molecule has 0 spiro atoms. The van der Waals surface area contributed by atoms with Gasteiger partial charge in [-0.3, -0.25) is 0 Å².